The lowest BCUT2D eigenvalue weighted by molar-refractivity contribution is -0.143. The predicted molar refractivity (Wildman–Crippen MR) is 75.4 cm³/mol. The molecule has 2 rings (SSSR count). The van der Waals surface area contributed by atoms with Crippen LogP contribution < -0.4 is 0 Å². The van der Waals surface area contributed by atoms with E-state index in [1.807, 2.05) is 0 Å². The van der Waals surface area contributed by atoms with E-state index in [1.165, 1.54) is 17.0 Å². The van der Waals surface area contributed by atoms with Crippen LogP contribution in [0.15, 0.2) is 6.07 Å². The molecule has 0 amide bonds. The summed E-state index contributed by atoms with van der Waals surface area (Å²) in [4.78, 5) is 13.3. The number of carbonyl (C=O) groups is 1. The van der Waals surface area contributed by atoms with Crippen molar-refractivity contribution in [2.75, 3.05) is 19.6 Å². The summed E-state index contributed by atoms with van der Waals surface area (Å²) in [7, 11) is 2.09. The Bertz CT molecular complexity index is 465. The first-order valence-corrected chi connectivity index (χ1v) is 7.06. The largest absolute Gasteiger partial charge is 0.481 e. The summed E-state index contributed by atoms with van der Waals surface area (Å²) in [6.45, 7) is 6.99. The highest BCUT2D eigenvalue weighted by Crippen LogP contribution is 2.18. The number of aromatic nitrogens is 1. The van der Waals surface area contributed by atoms with Gasteiger partial charge >= 0.3 is 5.97 Å². The predicted octanol–water partition coefficient (Wildman–Crippen LogP) is 1.98. The molecule has 0 bridgehead atoms. The van der Waals surface area contributed by atoms with Crippen molar-refractivity contribution in [3.63, 3.8) is 0 Å². The van der Waals surface area contributed by atoms with Gasteiger partial charge in [0.15, 0.2) is 0 Å². The molecule has 0 spiro atoms. The second kappa shape index (κ2) is 5.78. The molecule has 1 N–H and O–H groups in total. The van der Waals surface area contributed by atoms with Gasteiger partial charge in [-0.25, -0.2) is 0 Å². The van der Waals surface area contributed by atoms with Gasteiger partial charge in [0.1, 0.15) is 0 Å². The number of hydrogen-bond donors (Lipinski definition) is 1. The first-order valence-electron chi connectivity index (χ1n) is 7.06. The van der Waals surface area contributed by atoms with Crippen molar-refractivity contribution in [2.45, 2.75) is 33.1 Å². The fraction of sp³-hybridized carbons (Fsp3) is 0.667. The average Bonchev–Trinajstić information content (AvgIpc) is 2.64. The number of carboxylic acid groups (broad SMARTS) is 1. The van der Waals surface area contributed by atoms with Crippen LogP contribution in [-0.2, 0) is 18.3 Å². The Balaban J connectivity index is 1.91. The maximum absolute atomic E-state index is 11.0. The van der Waals surface area contributed by atoms with Gasteiger partial charge in [0.2, 0.25) is 0 Å². The maximum atomic E-state index is 11.0. The lowest BCUT2D eigenvalue weighted by Gasteiger charge is -2.30. The SMILES string of the molecule is Cc1cc(CCN2CCCC(C(=O)O)C2)c(C)n1C. The third-order valence-corrected chi connectivity index (χ3v) is 4.43. The van der Waals surface area contributed by atoms with E-state index >= 15 is 0 Å². The van der Waals surface area contributed by atoms with Crippen molar-refractivity contribution in [3.05, 3.63) is 23.0 Å². The Morgan fingerprint density at radius 3 is 2.79 bits per heavy atom. The van der Waals surface area contributed by atoms with E-state index in [2.05, 4.69) is 36.4 Å². The van der Waals surface area contributed by atoms with Crippen LogP contribution in [0.1, 0.15) is 29.8 Å². The fourth-order valence-electron chi connectivity index (χ4n) is 2.93. The molecule has 0 aromatic carbocycles. The Morgan fingerprint density at radius 1 is 1.47 bits per heavy atom. The van der Waals surface area contributed by atoms with E-state index in [0.29, 0.717) is 6.54 Å². The molecular weight excluding hydrogens is 240 g/mol. The molecule has 4 heteroatoms. The van der Waals surface area contributed by atoms with Gasteiger partial charge in [0, 0.05) is 31.5 Å². The monoisotopic (exact) mass is 264 g/mol. The molecule has 1 aliphatic heterocycles. The van der Waals surface area contributed by atoms with E-state index in [4.69, 9.17) is 5.11 Å². The van der Waals surface area contributed by atoms with Crippen LogP contribution in [0.25, 0.3) is 0 Å². The molecule has 1 atom stereocenters. The number of aryl methyl sites for hydroxylation is 1. The summed E-state index contributed by atoms with van der Waals surface area (Å²) < 4.78 is 2.21. The topological polar surface area (TPSA) is 45.5 Å². The summed E-state index contributed by atoms with van der Waals surface area (Å²) in [5.41, 5.74) is 4.00. The first-order chi connectivity index (χ1) is 8.99. The number of nitrogens with zero attached hydrogens (tertiary/aromatic N) is 2. The van der Waals surface area contributed by atoms with E-state index < -0.39 is 5.97 Å². The second-order valence-corrected chi connectivity index (χ2v) is 5.68. The van der Waals surface area contributed by atoms with E-state index in [9.17, 15) is 4.79 Å². The minimum atomic E-state index is -0.642. The summed E-state index contributed by atoms with van der Waals surface area (Å²) in [5, 5.41) is 9.10. The molecule has 1 aromatic rings. The Morgan fingerprint density at radius 2 is 2.21 bits per heavy atom. The van der Waals surface area contributed by atoms with Crippen LogP contribution in [0.4, 0.5) is 0 Å². The van der Waals surface area contributed by atoms with Crippen molar-refractivity contribution < 1.29 is 9.90 Å². The van der Waals surface area contributed by atoms with Crippen LogP contribution in [0.5, 0.6) is 0 Å². The van der Waals surface area contributed by atoms with Gasteiger partial charge in [-0.15, -0.1) is 0 Å². The lowest BCUT2D eigenvalue weighted by atomic mass is 9.98. The Hall–Kier alpha value is -1.29. The molecule has 0 radical (unpaired) electrons. The number of piperidine rings is 1. The van der Waals surface area contributed by atoms with Gasteiger partial charge in [0.05, 0.1) is 5.92 Å². The van der Waals surface area contributed by atoms with Crippen molar-refractivity contribution in [3.8, 4) is 0 Å². The van der Waals surface area contributed by atoms with Gasteiger partial charge in [-0.2, -0.15) is 0 Å². The van der Waals surface area contributed by atoms with Gasteiger partial charge in [0.25, 0.3) is 0 Å². The molecule has 106 valence electrons. The molecule has 1 fully saturated rings. The molecule has 1 aromatic heterocycles. The van der Waals surface area contributed by atoms with Crippen molar-refractivity contribution in [2.24, 2.45) is 13.0 Å². The standard InChI is InChI=1S/C15H24N2O2/c1-11-9-13(12(2)16(11)3)6-8-17-7-4-5-14(10-17)15(18)19/h9,14H,4-8,10H2,1-3H3,(H,18,19). The zero-order valence-corrected chi connectivity index (χ0v) is 12.1. The quantitative estimate of drug-likeness (QED) is 0.904. The summed E-state index contributed by atoms with van der Waals surface area (Å²) in [6, 6.07) is 2.24. The van der Waals surface area contributed by atoms with Gasteiger partial charge in [-0.05, 0) is 51.3 Å². The van der Waals surface area contributed by atoms with Crippen LogP contribution in [0.2, 0.25) is 0 Å². The zero-order valence-electron chi connectivity index (χ0n) is 12.1. The smallest absolute Gasteiger partial charge is 0.307 e. The van der Waals surface area contributed by atoms with Crippen LogP contribution in [-0.4, -0.2) is 40.2 Å². The van der Waals surface area contributed by atoms with Gasteiger partial charge in [-0.1, -0.05) is 0 Å². The zero-order chi connectivity index (χ0) is 14.0. The van der Waals surface area contributed by atoms with Crippen LogP contribution in [0, 0.1) is 19.8 Å². The third-order valence-electron chi connectivity index (χ3n) is 4.43. The molecule has 1 unspecified atom stereocenters. The number of carboxylic acids is 1. The van der Waals surface area contributed by atoms with Gasteiger partial charge < -0.3 is 14.6 Å². The molecule has 4 nitrogen and oxygen atoms in total. The summed E-state index contributed by atoms with van der Waals surface area (Å²) >= 11 is 0. The van der Waals surface area contributed by atoms with E-state index in [0.717, 1.165) is 32.4 Å². The van der Waals surface area contributed by atoms with Crippen molar-refractivity contribution in [1.82, 2.24) is 9.47 Å². The van der Waals surface area contributed by atoms with Crippen molar-refractivity contribution >= 4 is 5.97 Å². The summed E-state index contributed by atoms with van der Waals surface area (Å²) in [5.74, 6) is -0.816. The highest BCUT2D eigenvalue weighted by molar-refractivity contribution is 5.70. The number of likely N-dealkylation sites (tertiary alicyclic amines) is 1. The molecule has 2 heterocycles. The minimum Gasteiger partial charge on any atom is -0.481 e. The molecular formula is C15H24N2O2. The fourth-order valence-corrected chi connectivity index (χ4v) is 2.93. The number of hydrogen-bond acceptors (Lipinski definition) is 2. The molecule has 1 saturated heterocycles. The molecule has 19 heavy (non-hydrogen) atoms. The second-order valence-electron chi connectivity index (χ2n) is 5.68. The first kappa shape index (κ1) is 14.1. The van der Waals surface area contributed by atoms with Gasteiger partial charge in [-0.3, -0.25) is 4.79 Å². The maximum Gasteiger partial charge on any atom is 0.307 e. The third kappa shape index (κ3) is 3.18. The lowest BCUT2D eigenvalue weighted by Crippen LogP contribution is -2.39. The van der Waals surface area contributed by atoms with Crippen molar-refractivity contribution in [1.29, 1.82) is 0 Å². The summed E-state index contributed by atoms with van der Waals surface area (Å²) in [6.07, 6.45) is 2.85. The Labute approximate surface area is 115 Å². The Kier molecular flexibility index (Phi) is 4.30. The average molecular weight is 264 g/mol. The highest BCUT2D eigenvalue weighted by Gasteiger charge is 2.25. The number of rotatable bonds is 4. The van der Waals surface area contributed by atoms with E-state index in [-0.39, 0.29) is 5.92 Å². The molecule has 0 saturated carbocycles. The van der Waals surface area contributed by atoms with Crippen LogP contribution >= 0.6 is 0 Å². The highest BCUT2D eigenvalue weighted by atomic mass is 16.4. The molecule has 1 aliphatic rings. The normalized spacial score (nSPS) is 20.7. The minimum absolute atomic E-state index is 0.174. The van der Waals surface area contributed by atoms with E-state index in [1.54, 1.807) is 0 Å². The van der Waals surface area contributed by atoms with Crippen LogP contribution in [0.3, 0.4) is 0 Å². The molecule has 0 aliphatic carbocycles. The number of aliphatic carboxylic acids is 1.